The summed E-state index contributed by atoms with van der Waals surface area (Å²) >= 11 is 0. The summed E-state index contributed by atoms with van der Waals surface area (Å²) in [5.41, 5.74) is -0.101. The van der Waals surface area contributed by atoms with Crippen molar-refractivity contribution >= 4 is 5.91 Å². The quantitative estimate of drug-likeness (QED) is 0.905. The van der Waals surface area contributed by atoms with E-state index in [-0.39, 0.29) is 11.3 Å². The molecule has 0 aliphatic heterocycles. The normalized spacial score (nSPS) is 22.5. The Labute approximate surface area is 133 Å². The number of hydrogen-bond acceptors (Lipinski definition) is 4. The van der Waals surface area contributed by atoms with E-state index in [9.17, 15) is 4.79 Å². The van der Waals surface area contributed by atoms with Crippen molar-refractivity contribution in [2.75, 3.05) is 0 Å². The molecule has 1 aromatic heterocycles. The lowest BCUT2D eigenvalue weighted by molar-refractivity contribution is -0.122. The Hall–Kier alpha value is -1.39. The van der Waals surface area contributed by atoms with Gasteiger partial charge in [0, 0.05) is 24.3 Å². The molecule has 1 amide bonds. The van der Waals surface area contributed by atoms with Gasteiger partial charge in [-0.25, -0.2) is 0 Å². The Morgan fingerprint density at radius 2 is 2.05 bits per heavy atom. The van der Waals surface area contributed by atoms with Crippen LogP contribution in [0.2, 0.25) is 0 Å². The van der Waals surface area contributed by atoms with Crippen molar-refractivity contribution in [3.8, 4) is 0 Å². The largest absolute Gasteiger partial charge is 0.353 e. The lowest BCUT2D eigenvalue weighted by atomic mass is 9.86. The lowest BCUT2D eigenvalue weighted by Crippen LogP contribution is -2.40. The van der Waals surface area contributed by atoms with Crippen molar-refractivity contribution in [1.82, 2.24) is 15.5 Å². The predicted molar refractivity (Wildman–Crippen MR) is 85.5 cm³/mol. The summed E-state index contributed by atoms with van der Waals surface area (Å²) in [5, 5.41) is 7.18. The maximum atomic E-state index is 12.0. The predicted octanol–water partition coefficient (Wildman–Crippen LogP) is 3.38. The maximum absolute atomic E-state index is 12.0. The number of aryl methyl sites for hydroxylation is 1. The smallest absolute Gasteiger partial charge is 0.226 e. The fraction of sp³-hybridized carbons (Fsp3) is 0.824. The molecule has 1 aliphatic rings. The molecule has 5 nitrogen and oxygen atoms in total. The molecule has 0 saturated heterocycles. The molecule has 0 aromatic carbocycles. The van der Waals surface area contributed by atoms with E-state index in [4.69, 9.17) is 4.52 Å². The highest BCUT2D eigenvalue weighted by Crippen LogP contribution is 2.24. The van der Waals surface area contributed by atoms with Crippen LogP contribution in [0.1, 0.15) is 77.9 Å². The van der Waals surface area contributed by atoms with Gasteiger partial charge in [-0.15, -0.1) is 0 Å². The number of amides is 1. The molecular formula is C17H29N3O2. The van der Waals surface area contributed by atoms with Crippen LogP contribution in [0, 0.1) is 5.92 Å². The molecule has 0 unspecified atom stereocenters. The summed E-state index contributed by atoms with van der Waals surface area (Å²) in [6, 6.07) is 0.358. The zero-order valence-corrected chi connectivity index (χ0v) is 14.3. The Kier molecular flexibility index (Phi) is 5.59. The molecule has 22 heavy (non-hydrogen) atoms. The van der Waals surface area contributed by atoms with Gasteiger partial charge in [0.2, 0.25) is 11.8 Å². The Bertz CT molecular complexity index is 490. The Morgan fingerprint density at radius 3 is 2.68 bits per heavy atom. The van der Waals surface area contributed by atoms with Crippen LogP contribution in [0.5, 0.6) is 0 Å². The first-order chi connectivity index (χ1) is 10.4. The van der Waals surface area contributed by atoms with Crippen LogP contribution < -0.4 is 5.32 Å². The summed E-state index contributed by atoms with van der Waals surface area (Å²) in [5.74, 6) is 2.10. The van der Waals surface area contributed by atoms with Gasteiger partial charge < -0.3 is 9.84 Å². The van der Waals surface area contributed by atoms with Crippen molar-refractivity contribution in [3.05, 3.63) is 11.7 Å². The fourth-order valence-corrected chi connectivity index (χ4v) is 2.87. The first-order valence-corrected chi connectivity index (χ1v) is 8.48. The van der Waals surface area contributed by atoms with E-state index in [1.54, 1.807) is 0 Å². The van der Waals surface area contributed by atoms with Crippen LogP contribution in [0.15, 0.2) is 4.52 Å². The number of nitrogens with zero attached hydrogens (tertiary/aromatic N) is 2. The van der Waals surface area contributed by atoms with Crippen LogP contribution in [-0.2, 0) is 16.6 Å². The molecule has 1 heterocycles. The molecule has 1 saturated carbocycles. The summed E-state index contributed by atoms with van der Waals surface area (Å²) in [6.07, 6.45) is 6.80. The topological polar surface area (TPSA) is 68.0 Å². The van der Waals surface area contributed by atoms with Crippen molar-refractivity contribution in [1.29, 1.82) is 0 Å². The molecule has 0 spiro atoms. The lowest BCUT2D eigenvalue weighted by Gasteiger charge is -2.29. The number of nitrogens with one attached hydrogen (secondary N) is 1. The monoisotopic (exact) mass is 307 g/mol. The zero-order chi connectivity index (χ0) is 16.2. The third kappa shape index (κ3) is 4.82. The van der Waals surface area contributed by atoms with Gasteiger partial charge in [-0.1, -0.05) is 45.7 Å². The Balaban J connectivity index is 1.71. The molecule has 0 radical (unpaired) electrons. The molecule has 1 aromatic rings. The number of rotatable bonds is 5. The van der Waals surface area contributed by atoms with Gasteiger partial charge in [-0.3, -0.25) is 4.79 Å². The van der Waals surface area contributed by atoms with Gasteiger partial charge in [0.15, 0.2) is 5.82 Å². The molecule has 5 heteroatoms. The van der Waals surface area contributed by atoms with Crippen molar-refractivity contribution < 1.29 is 9.32 Å². The minimum absolute atomic E-state index is 0.101. The van der Waals surface area contributed by atoms with E-state index >= 15 is 0 Å². The van der Waals surface area contributed by atoms with Crippen LogP contribution in [0.25, 0.3) is 0 Å². The standard InChI is InChI=1S/C17H29N3O2/c1-12-8-5-6-9-13(12)18-14(21)10-7-11-15-19-16(20-22-15)17(2,3)4/h12-13H,5-11H2,1-4H3,(H,18,21)/t12-,13-/m1/s1. The highest BCUT2D eigenvalue weighted by atomic mass is 16.5. The number of hydrogen-bond donors (Lipinski definition) is 1. The second-order valence-electron chi connectivity index (χ2n) is 7.55. The third-order valence-corrected chi connectivity index (χ3v) is 4.39. The SMILES string of the molecule is C[C@@H]1CCCC[C@H]1NC(=O)CCCc1nc(C(C)(C)C)no1. The van der Waals surface area contributed by atoms with Gasteiger partial charge in [0.25, 0.3) is 0 Å². The minimum Gasteiger partial charge on any atom is -0.353 e. The molecule has 124 valence electrons. The summed E-state index contributed by atoms with van der Waals surface area (Å²) in [4.78, 5) is 16.4. The third-order valence-electron chi connectivity index (χ3n) is 4.39. The molecule has 1 aliphatic carbocycles. The van der Waals surface area contributed by atoms with E-state index in [1.807, 2.05) is 0 Å². The van der Waals surface area contributed by atoms with Gasteiger partial charge >= 0.3 is 0 Å². The summed E-state index contributed by atoms with van der Waals surface area (Å²) in [7, 11) is 0. The molecule has 2 rings (SSSR count). The highest BCUT2D eigenvalue weighted by molar-refractivity contribution is 5.76. The Morgan fingerprint density at radius 1 is 1.32 bits per heavy atom. The van der Waals surface area contributed by atoms with Crippen LogP contribution in [0.3, 0.4) is 0 Å². The minimum atomic E-state index is -0.101. The number of carbonyl (C=O) groups excluding carboxylic acids is 1. The zero-order valence-electron chi connectivity index (χ0n) is 14.3. The molecule has 0 bridgehead atoms. The van der Waals surface area contributed by atoms with Gasteiger partial charge in [-0.05, 0) is 25.2 Å². The first kappa shape index (κ1) is 17.0. The van der Waals surface area contributed by atoms with Gasteiger partial charge in [-0.2, -0.15) is 4.98 Å². The molecule has 1 fully saturated rings. The second-order valence-corrected chi connectivity index (χ2v) is 7.55. The number of carbonyl (C=O) groups is 1. The maximum Gasteiger partial charge on any atom is 0.226 e. The fourth-order valence-electron chi connectivity index (χ4n) is 2.87. The average molecular weight is 307 g/mol. The van der Waals surface area contributed by atoms with E-state index in [2.05, 4.69) is 43.2 Å². The van der Waals surface area contributed by atoms with E-state index in [0.29, 0.717) is 30.7 Å². The van der Waals surface area contributed by atoms with Crippen LogP contribution in [0.4, 0.5) is 0 Å². The van der Waals surface area contributed by atoms with Crippen molar-refractivity contribution in [2.24, 2.45) is 5.92 Å². The van der Waals surface area contributed by atoms with E-state index in [0.717, 1.165) is 18.7 Å². The molecule has 1 N–H and O–H groups in total. The van der Waals surface area contributed by atoms with Crippen LogP contribution in [-0.4, -0.2) is 22.1 Å². The van der Waals surface area contributed by atoms with Gasteiger partial charge in [0.1, 0.15) is 0 Å². The summed E-state index contributed by atoms with van der Waals surface area (Å²) < 4.78 is 5.25. The number of aromatic nitrogens is 2. The van der Waals surface area contributed by atoms with E-state index < -0.39 is 0 Å². The van der Waals surface area contributed by atoms with Crippen molar-refractivity contribution in [2.45, 2.75) is 84.1 Å². The summed E-state index contributed by atoms with van der Waals surface area (Å²) in [6.45, 7) is 8.40. The second kappa shape index (κ2) is 7.25. The van der Waals surface area contributed by atoms with Crippen LogP contribution >= 0.6 is 0 Å². The molecular weight excluding hydrogens is 278 g/mol. The first-order valence-electron chi connectivity index (χ1n) is 8.48. The highest BCUT2D eigenvalue weighted by Gasteiger charge is 2.23. The van der Waals surface area contributed by atoms with E-state index in [1.165, 1.54) is 19.3 Å². The average Bonchev–Trinajstić information content (AvgIpc) is 2.90. The molecule has 2 atom stereocenters. The van der Waals surface area contributed by atoms with Crippen molar-refractivity contribution in [3.63, 3.8) is 0 Å². The van der Waals surface area contributed by atoms with Gasteiger partial charge in [0.05, 0.1) is 0 Å².